The highest BCUT2D eigenvalue weighted by molar-refractivity contribution is 6.76. The van der Waals surface area contributed by atoms with E-state index in [9.17, 15) is 0 Å². The minimum atomic E-state index is -0.911. The van der Waals surface area contributed by atoms with E-state index in [0.29, 0.717) is 0 Å². The number of hydrogen-bond acceptors (Lipinski definition) is 0. The van der Waals surface area contributed by atoms with Gasteiger partial charge in [0.15, 0.2) is 0 Å². The fourth-order valence-electron chi connectivity index (χ4n) is 0.805. The summed E-state index contributed by atoms with van der Waals surface area (Å²) in [6.07, 6.45) is 4.48. The molecule has 0 rings (SSSR count). The average molecular weight is 196 g/mol. The Labute approximate surface area is 84.8 Å². The second-order valence-corrected chi connectivity index (χ2v) is 11.5. The van der Waals surface area contributed by atoms with Crippen LogP contribution in [0.3, 0.4) is 0 Å². The summed E-state index contributed by atoms with van der Waals surface area (Å²) in [7, 11) is -0.911. The van der Waals surface area contributed by atoms with Crippen molar-refractivity contribution < 1.29 is 0 Å². The second-order valence-electron chi connectivity index (χ2n) is 5.94. The molecule has 0 amide bonds. The Balaban J connectivity index is 4.09. The molecule has 13 heavy (non-hydrogen) atoms. The smallest absolute Gasteiger partial charge is 0.0480 e. The molecular formula is C12H24Si. The molecule has 0 heterocycles. The zero-order chi connectivity index (χ0) is 10.7. The zero-order valence-electron chi connectivity index (χ0n) is 10.1. The van der Waals surface area contributed by atoms with E-state index in [-0.39, 0.29) is 5.41 Å². The van der Waals surface area contributed by atoms with Gasteiger partial charge in [-0.3, -0.25) is 0 Å². The highest BCUT2D eigenvalue weighted by Gasteiger charge is 2.13. The van der Waals surface area contributed by atoms with Crippen LogP contribution in [0.4, 0.5) is 0 Å². The average Bonchev–Trinajstić information content (AvgIpc) is 1.82. The molecule has 0 aliphatic carbocycles. The van der Waals surface area contributed by atoms with E-state index in [1.54, 1.807) is 0 Å². The molecular weight excluding hydrogens is 172 g/mol. The van der Waals surface area contributed by atoms with Crippen molar-refractivity contribution in [2.45, 2.75) is 46.5 Å². The topological polar surface area (TPSA) is 0 Å². The third-order valence-corrected chi connectivity index (χ3v) is 3.47. The summed E-state index contributed by atoms with van der Waals surface area (Å²) in [5.74, 6) is 0. The molecule has 0 fully saturated rings. The Kier molecular flexibility index (Phi) is 4.17. The third kappa shape index (κ3) is 6.82. The van der Waals surface area contributed by atoms with Gasteiger partial charge in [-0.25, -0.2) is 0 Å². The summed E-state index contributed by atoms with van der Waals surface area (Å²) < 4.78 is 0. The van der Waals surface area contributed by atoms with Gasteiger partial charge in [-0.15, -0.1) is 0 Å². The lowest BCUT2D eigenvalue weighted by Crippen LogP contribution is -2.17. The highest BCUT2D eigenvalue weighted by Crippen LogP contribution is 2.24. The van der Waals surface area contributed by atoms with E-state index in [1.807, 2.05) is 0 Å². The molecule has 0 aromatic carbocycles. The van der Waals surface area contributed by atoms with Crippen molar-refractivity contribution in [3.63, 3.8) is 0 Å². The first-order valence-electron chi connectivity index (χ1n) is 4.99. The van der Waals surface area contributed by atoms with E-state index in [0.717, 1.165) is 0 Å². The quantitative estimate of drug-likeness (QED) is 0.461. The summed E-state index contributed by atoms with van der Waals surface area (Å²) in [5, 5.41) is 0. The SMILES string of the molecule is C=C(/C=C\C[Si](C)(C)C)C(C)(C)C. The minimum Gasteiger partial charge on any atom is -0.0953 e. The molecule has 0 atom stereocenters. The molecule has 0 aromatic rings. The Bertz CT molecular complexity index is 198. The maximum atomic E-state index is 4.07. The van der Waals surface area contributed by atoms with Crippen LogP contribution >= 0.6 is 0 Å². The Morgan fingerprint density at radius 2 is 1.69 bits per heavy atom. The van der Waals surface area contributed by atoms with Crippen LogP contribution in [0.1, 0.15) is 20.8 Å². The molecule has 0 aliphatic heterocycles. The molecule has 0 aromatic heterocycles. The number of allylic oxidation sites excluding steroid dienone is 3. The normalized spacial score (nSPS) is 13.7. The van der Waals surface area contributed by atoms with Crippen LogP contribution in [0, 0.1) is 5.41 Å². The van der Waals surface area contributed by atoms with Crippen molar-refractivity contribution in [3.8, 4) is 0 Å². The molecule has 0 radical (unpaired) electrons. The van der Waals surface area contributed by atoms with E-state index >= 15 is 0 Å². The van der Waals surface area contributed by atoms with Crippen LogP contribution in [-0.2, 0) is 0 Å². The fraction of sp³-hybridized carbons (Fsp3) is 0.667. The maximum Gasteiger partial charge on any atom is 0.0480 e. The van der Waals surface area contributed by atoms with Crippen molar-refractivity contribution in [3.05, 3.63) is 24.3 Å². The van der Waals surface area contributed by atoms with Crippen molar-refractivity contribution in [1.29, 1.82) is 0 Å². The second kappa shape index (κ2) is 4.27. The van der Waals surface area contributed by atoms with Crippen molar-refractivity contribution in [1.82, 2.24) is 0 Å². The summed E-state index contributed by atoms with van der Waals surface area (Å²) >= 11 is 0. The van der Waals surface area contributed by atoms with Gasteiger partial charge in [-0.05, 0) is 11.5 Å². The first-order valence-corrected chi connectivity index (χ1v) is 8.69. The lowest BCUT2D eigenvalue weighted by molar-refractivity contribution is 0.519. The summed E-state index contributed by atoms with van der Waals surface area (Å²) in [6.45, 7) is 17.8. The molecule has 0 N–H and O–H groups in total. The predicted octanol–water partition coefficient (Wildman–Crippen LogP) is 4.48. The first-order chi connectivity index (χ1) is 5.63. The third-order valence-electron chi connectivity index (χ3n) is 2.01. The summed E-state index contributed by atoms with van der Waals surface area (Å²) in [4.78, 5) is 0. The maximum absolute atomic E-state index is 4.07. The highest BCUT2D eigenvalue weighted by atomic mass is 28.3. The first kappa shape index (κ1) is 12.7. The van der Waals surface area contributed by atoms with Crippen LogP contribution in [0.2, 0.25) is 25.7 Å². The Hall–Kier alpha value is -0.303. The monoisotopic (exact) mass is 196 g/mol. The standard InChI is InChI=1S/C12H24Si/c1-11(12(2,3)4)9-8-10-13(5,6)7/h8-9H,1,10H2,2-7H3/b9-8-. The fourth-order valence-corrected chi connectivity index (χ4v) is 1.63. The Morgan fingerprint density at radius 1 is 1.23 bits per heavy atom. The van der Waals surface area contributed by atoms with Crippen LogP contribution in [-0.4, -0.2) is 8.07 Å². The van der Waals surface area contributed by atoms with Gasteiger partial charge in [0.1, 0.15) is 0 Å². The molecule has 0 saturated heterocycles. The molecule has 0 spiro atoms. The van der Waals surface area contributed by atoms with Gasteiger partial charge in [0.05, 0.1) is 0 Å². The van der Waals surface area contributed by atoms with Crippen molar-refractivity contribution >= 4 is 8.07 Å². The van der Waals surface area contributed by atoms with Crippen LogP contribution in [0.25, 0.3) is 0 Å². The zero-order valence-corrected chi connectivity index (χ0v) is 11.1. The van der Waals surface area contributed by atoms with Gasteiger partial charge >= 0.3 is 0 Å². The van der Waals surface area contributed by atoms with Gasteiger partial charge < -0.3 is 0 Å². The molecule has 0 bridgehead atoms. The molecule has 0 nitrogen and oxygen atoms in total. The van der Waals surface area contributed by atoms with E-state index in [1.165, 1.54) is 11.6 Å². The van der Waals surface area contributed by atoms with Crippen molar-refractivity contribution in [2.75, 3.05) is 0 Å². The van der Waals surface area contributed by atoms with Gasteiger partial charge in [0, 0.05) is 8.07 Å². The van der Waals surface area contributed by atoms with Crippen LogP contribution < -0.4 is 0 Å². The Morgan fingerprint density at radius 3 is 2.00 bits per heavy atom. The number of hydrogen-bond donors (Lipinski definition) is 0. The van der Waals surface area contributed by atoms with Gasteiger partial charge in [0.25, 0.3) is 0 Å². The van der Waals surface area contributed by atoms with Gasteiger partial charge in [-0.2, -0.15) is 0 Å². The van der Waals surface area contributed by atoms with E-state index in [2.05, 4.69) is 59.1 Å². The lowest BCUT2D eigenvalue weighted by atomic mass is 9.87. The van der Waals surface area contributed by atoms with Gasteiger partial charge in [0.2, 0.25) is 0 Å². The predicted molar refractivity (Wildman–Crippen MR) is 65.9 cm³/mol. The largest absolute Gasteiger partial charge is 0.0953 e. The van der Waals surface area contributed by atoms with E-state index in [4.69, 9.17) is 0 Å². The molecule has 0 unspecified atom stereocenters. The molecule has 1 heteroatoms. The minimum absolute atomic E-state index is 0.218. The molecule has 0 saturated carbocycles. The van der Waals surface area contributed by atoms with E-state index < -0.39 is 8.07 Å². The van der Waals surface area contributed by atoms with Crippen molar-refractivity contribution in [2.24, 2.45) is 5.41 Å². The van der Waals surface area contributed by atoms with Crippen LogP contribution in [0.15, 0.2) is 24.3 Å². The van der Waals surface area contributed by atoms with Gasteiger partial charge in [-0.1, -0.05) is 64.7 Å². The molecule has 76 valence electrons. The molecule has 0 aliphatic rings. The number of rotatable bonds is 3. The lowest BCUT2D eigenvalue weighted by Gasteiger charge is -2.19. The summed E-state index contributed by atoms with van der Waals surface area (Å²) in [6, 6.07) is 1.25. The van der Waals surface area contributed by atoms with Crippen LogP contribution in [0.5, 0.6) is 0 Å². The summed E-state index contributed by atoms with van der Waals surface area (Å²) in [5.41, 5.74) is 1.45.